The zero-order chi connectivity index (χ0) is 50.3. The maximum atomic E-state index is 13.0. The summed E-state index contributed by atoms with van der Waals surface area (Å²) in [5.74, 6) is -0.234. The van der Waals surface area contributed by atoms with Crippen LogP contribution in [0.3, 0.4) is 0 Å². The van der Waals surface area contributed by atoms with Gasteiger partial charge in [-0.3, -0.25) is 9.59 Å². The van der Waals surface area contributed by atoms with Crippen molar-refractivity contribution >= 4 is 11.9 Å². The van der Waals surface area contributed by atoms with Gasteiger partial charge in [0.25, 0.3) is 0 Å². The third kappa shape index (κ3) is 38.0. The number of hydrogen-bond acceptors (Lipinski definition) is 10. The van der Waals surface area contributed by atoms with Crippen molar-refractivity contribution in [3.8, 4) is 0 Å². The summed E-state index contributed by atoms with van der Waals surface area (Å²) in [6.45, 7) is 4.24. The molecule has 0 saturated carbocycles. The van der Waals surface area contributed by atoms with Crippen LogP contribution in [0.4, 0.5) is 0 Å². The molecule has 1 saturated heterocycles. The van der Waals surface area contributed by atoms with Gasteiger partial charge in [-0.1, -0.05) is 204 Å². The van der Waals surface area contributed by atoms with Crippen LogP contribution < -0.4 is 5.32 Å². The number of carbonyl (C=O) groups is 2. The van der Waals surface area contributed by atoms with E-state index >= 15 is 0 Å². The molecule has 0 aromatic carbocycles. The molecule has 0 bridgehead atoms. The Morgan fingerprint density at radius 3 is 1.52 bits per heavy atom. The highest BCUT2D eigenvalue weighted by molar-refractivity contribution is 5.76. The van der Waals surface area contributed by atoms with E-state index < -0.39 is 49.5 Å². The molecule has 69 heavy (non-hydrogen) atoms. The SMILES string of the molecule is CCCCCCC/C=C/CC/C=C/C(O)C(COC1OC(CO)C(O)C(O)C1O)NC(=O)CCCCCCCCCCCC/C=C\C=C/CCCCCOC(=O)CCCCCCCCCCCCC. The summed E-state index contributed by atoms with van der Waals surface area (Å²) in [5, 5.41) is 54.2. The van der Waals surface area contributed by atoms with Crippen LogP contribution in [0.2, 0.25) is 0 Å². The van der Waals surface area contributed by atoms with E-state index in [4.69, 9.17) is 14.2 Å². The standard InChI is InChI=1S/C58H105NO10/c1-3-5-7-9-11-13-24-28-32-36-40-44-51(61)50(49-68-58-57(66)56(65)55(64)52(48-60)69-58)59-53(62)45-41-37-33-29-26-22-20-18-16-15-17-19-21-23-27-31-35-39-43-47-67-54(63)46-42-38-34-30-25-14-12-10-8-6-4-2/h19,21,23-24,27-28,40,44,50-52,55-58,60-61,64-66H,3-18,20,22,25-26,29-39,41-43,45-49H2,1-2H3,(H,59,62)/b21-19-,27-23-,28-24+,44-40+. The second-order valence-corrected chi connectivity index (χ2v) is 19.7. The van der Waals surface area contributed by atoms with Gasteiger partial charge in [0.1, 0.15) is 24.4 Å². The molecule has 0 spiro atoms. The van der Waals surface area contributed by atoms with Gasteiger partial charge in [0.2, 0.25) is 5.91 Å². The van der Waals surface area contributed by atoms with E-state index in [0.717, 1.165) is 89.9 Å². The van der Waals surface area contributed by atoms with E-state index in [-0.39, 0.29) is 18.5 Å². The number of carbonyl (C=O) groups excluding carboxylic acids is 2. The molecule has 1 amide bonds. The van der Waals surface area contributed by atoms with Crippen LogP contribution in [-0.4, -0.2) is 100 Å². The van der Waals surface area contributed by atoms with E-state index in [1.165, 1.54) is 128 Å². The lowest BCUT2D eigenvalue weighted by molar-refractivity contribution is -0.302. The zero-order valence-corrected chi connectivity index (χ0v) is 44.0. The first-order valence-corrected chi connectivity index (χ1v) is 28.4. The van der Waals surface area contributed by atoms with Crippen molar-refractivity contribution in [3.63, 3.8) is 0 Å². The maximum absolute atomic E-state index is 13.0. The lowest BCUT2D eigenvalue weighted by Crippen LogP contribution is -2.60. The topological polar surface area (TPSA) is 175 Å². The minimum atomic E-state index is -1.58. The summed E-state index contributed by atoms with van der Waals surface area (Å²) < 4.78 is 16.6. The smallest absolute Gasteiger partial charge is 0.305 e. The lowest BCUT2D eigenvalue weighted by atomic mass is 9.99. The fourth-order valence-electron chi connectivity index (χ4n) is 8.62. The molecule has 0 radical (unpaired) electrons. The molecule has 0 aliphatic carbocycles. The Morgan fingerprint density at radius 1 is 0.536 bits per heavy atom. The van der Waals surface area contributed by atoms with Crippen LogP contribution in [-0.2, 0) is 23.8 Å². The van der Waals surface area contributed by atoms with Gasteiger partial charge in [-0.25, -0.2) is 0 Å². The van der Waals surface area contributed by atoms with Crippen molar-refractivity contribution in [3.05, 3.63) is 48.6 Å². The fraction of sp³-hybridized carbons (Fsp3) is 0.828. The van der Waals surface area contributed by atoms with Gasteiger partial charge in [-0.15, -0.1) is 0 Å². The molecular formula is C58H105NO10. The average molecular weight is 976 g/mol. The normalized spacial score (nSPS) is 19.7. The minimum absolute atomic E-state index is 0.0298. The third-order valence-corrected chi connectivity index (χ3v) is 13.2. The van der Waals surface area contributed by atoms with Gasteiger partial charge in [-0.2, -0.15) is 0 Å². The first kappa shape index (κ1) is 64.6. The summed E-state index contributed by atoms with van der Waals surface area (Å²) in [6, 6.07) is -0.835. The molecule has 1 heterocycles. The third-order valence-electron chi connectivity index (χ3n) is 13.2. The van der Waals surface area contributed by atoms with Crippen molar-refractivity contribution in [1.82, 2.24) is 5.32 Å². The van der Waals surface area contributed by atoms with Crippen molar-refractivity contribution in [1.29, 1.82) is 0 Å². The molecule has 11 nitrogen and oxygen atoms in total. The molecular weight excluding hydrogens is 871 g/mol. The summed E-state index contributed by atoms with van der Waals surface area (Å²) in [4.78, 5) is 25.0. The summed E-state index contributed by atoms with van der Waals surface area (Å²) in [6.07, 6.45) is 49.2. The second kappa shape index (κ2) is 47.9. The van der Waals surface area contributed by atoms with Gasteiger partial charge >= 0.3 is 5.97 Å². The summed E-state index contributed by atoms with van der Waals surface area (Å²) in [5.41, 5.74) is 0. The molecule has 1 aliphatic rings. The van der Waals surface area contributed by atoms with E-state index in [9.17, 15) is 35.1 Å². The Labute approximate surface area is 421 Å². The fourth-order valence-corrected chi connectivity index (χ4v) is 8.62. The number of aliphatic hydroxyl groups is 5. The number of nitrogens with one attached hydrogen (secondary N) is 1. The molecule has 0 aromatic rings. The van der Waals surface area contributed by atoms with Crippen molar-refractivity contribution in [2.45, 2.75) is 288 Å². The second-order valence-electron chi connectivity index (χ2n) is 19.7. The molecule has 1 fully saturated rings. The molecule has 7 atom stereocenters. The van der Waals surface area contributed by atoms with Crippen molar-refractivity contribution < 1.29 is 49.3 Å². The van der Waals surface area contributed by atoms with E-state index in [0.29, 0.717) is 19.4 Å². The molecule has 1 aliphatic heterocycles. The van der Waals surface area contributed by atoms with Crippen molar-refractivity contribution in [2.75, 3.05) is 19.8 Å². The van der Waals surface area contributed by atoms with Gasteiger partial charge in [0.15, 0.2) is 6.29 Å². The van der Waals surface area contributed by atoms with E-state index in [1.807, 2.05) is 6.08 Å². The number of rotatable bonds is 48. The van der Waals surface area contributed by atoms with Crippen LogP contribution >= 0.6 is 0 Å². The Hall–Kier alpha value is -2.38. The highest BCUT2D eigenvalue weighted by Gasteiger charge is 2.44. The number of esters is 1. The van der Waals surface area contributed by atoms with Gasteiger partial charge in [0, 0.05) is 12.8 Å². The zero-order valence-electron chi connectivity index (χ0n) is 44.0. The Bertz CT molecular complexity index is 1290. The Kier molecular flexibility index (Phi) is 44.9. The van der Waals surface area contributed by atoms with Crippen LogP contribution in [0.25, 0.3) is 0 Å². The largest absolute Gasteiger partial charge is 0.466 e. The maximum Gasteiger partial charge on any atom is 0.305 e. The minimum Gasteiger partial charge on any atom is -0.466 e. The molecule has 11 heteroatoms. The summed E-state index contributed by atoms with van der Waals surface area (Å²) in [7, 11) is 0. The molecule has 6 N–H and O–H groups in total. The number of hydrogen-bond donors (Lipinski definition) is 6. The predicted octanol–water partition coefficient (Wildman–Crippen LogP) is 12.5. The number of aliphatic hydroxyl groups excluding tert-OH is 5. The average Bonchev–Trinajstić information content (AvgIpc) is 3.34. The molecule has 7 unspecified atom stereocenters. The quantitative estimate of drug-likeness (QED) is 0.0149. The number of amides is 1. The Morgan fingerprint density at radius 2 is 0.986 bits per heavy atom. The molecule has 1 rings (SSSR count). The van der Waals surface area contributed by atoms with Crippen LogP contribution in [0.5, 0.6) is 0 Å². The molecule has 0 aromatic heterocycles. The summed E-state index contributed by atoms with van der Waals surface area (Å²) >= 11 is 0. The lowest BCUT2D eigenvalue weighted by Gasteiger charge is -2.40. The Balaban J connectivity index is 2.13. The van der Waals surface area contributed by atoms with Crippen molar-refractivity contribution in [2.24, 2.45) is 0 Å². The first-order chi connectivity index (χ1) is 33.7. The van der Waals surface area contributed by atoms with Gasteiger partial charge in [-0.05, 0) is 77.0 Å². The first-order valence-electron chi connectivity index (χ1n) is 28.4. The van der Waals surface area contributed by atoms with Gasteiger partial charge < -0.3 is 45.1 Å². The highest BCUT2D eigenvalue weighted by atomic mass is 16.7. The number of allylic oxidation sites excluding steroid dienone is 7. The predicted molar refractivity (Wildman–Crippen MR) is 283 cm³/mol. The van der Waals surface area contributed by atoms with Gasteiger partial charge in [0.05, 0.1) is 32.0 Å². The number of unbranched alkanes of at least 4 members (excludes halogenated alkanes) is 29. The number of ether oxygens (including phenoxy) is 3. The van der Waals surface area contributed by atoms with Crippen LogP contribution in [0.1, 0.15) is 245 Å². The monoisotopic (exact) mass is 976 g/mol. The molecule has 402 valence electrons. The van der Waals surface area contributed by atoms with E-state index in [2.05, 4.69) is 55.6 Å². The van der Waals surface area contributed by atoms with Crippen LogP contribution in [0, 0.1) is 0 Å². The van der Waals surface area contributed by atoms with E-state index in [1.54, 1.807) is 6.08 Å². The van der Waals surface area contributed by atoms with Crippen LogP contribution in [0.15, 0.2) is 48.6 Å². The highest BCUT2D eigenvalue weighted by Crippen LogP contribution is 2.23.